The number of aliphatic imine (C=N–C) groups is 1. The van der Waals surface area contributed by atoms with E-state index < -0.39 is 0 Å². The van der Waals surface area contributed by atoms with Gasteiger partial charge in [0.2, 0.25) is 0 Å². The predicted molar refractivity (Wildman–Crippen MR) is 105 cm³/mol. The van der Waals surface area contributed by atoms with Crippen molar-refractivity contribution in [3.63, 3.8) is 0 Å². The molecule has 0 radical (unpaired) electrons. The number of hydrogen-bond acceptors (Lipinski definition) is 3. The lowest BCUT2D eigenvalue weighted by molar-refractivity contribution is 0.381. The van der Waals surface area contributed by atoms with E-state index in [-0.39, 0.29) is 0 Å². The molecule has 132 valence electrons. The van der Waals surface area contributed by atoms with Crippen molar-refractivity contribution >= 4 is 34.8 Å². The SMILES string of the molecule is NC(=NCCc1ccc(Cl)nc1)N1CCN(c2ccc(Cl)cc2)CC1. The Morgan fingerprint density at radius 1 is 1.04 bits per heavy atom. The Bertz CT molecular complexity index is 707. The van der Waals surface area contributed by atoms with E-state index in [0.29, 0.717) is 17.7 Å². The maximum Gasteiger partial charge on any atom is 0.191 e. The topological polar surface area (TPSA) is 57.8 Å². The van der Waals surface area contributed by atoms with Gasteiger partial charge in [0, 0.05) is 49.6 Å². The molecule has 5 nitrogen and oxygen atoms in total. The third-order valence-corrected chi connectivity index (χ3v) is 4.73. The molecule has 0 spiro atoms. The second kappa shape index (κ2) is 8.41. The van der Waals surface area contributed by atoms with Gasteiger partial charge in [-0.15, -0.1) is 0 Å². The zero-order chi connectivity index (χ0) is 17.6. The molecule has 3 rings (SSSR count). The van der Waals surface area contributed by atoms with E-state index in [4.69, 9.17) is 28.9 Å². The lowest BCUT2D eigenvalue weighted by atomic mass is 10.2. The van der Waals surface area contributed by atoms with Gasteiger partial charge in [-0.3, -0.25) is 4.99 Å². The maximum atomic E-state index is 6.14. The van der Waals surface area contributed by atoms with Crippen molar-refractivity contribution in [3.8, 4) is 0 Å². The van der Waals surface area contributed by atoms with Crippen LogP contribution in [0.1, 0.15) is 5.56 Å². The van der Waals surface area contributed by atoms with Crippen molar-refractivity contribution < 1.29 is 0 Å². The second-order valence-electron chi connectivity index (χ2n) is 5.93. The van der Waals surface area contributed by atoms with Gasteiger partial charge in [0.1, 0.15) is 5.15 Å². The van der Waals surface area contributed by atoms with Gasteiger partial charge in [0.05, 0.1) is 0 Å². The fourth-order valence-electron chi connectivity index (χ4n) is 2.80. The molecule has 0 aliphatic carbocycles. The number of pyridine rings is 1. The van der Waals surface area contributed by atoms with Crippen LogP contribution in [0, 0.1) is 0 Å². The summed E-state index contributed by atoms with van der Waals surface area (Å²) in [5.74, 6) is 0.609. The minimum absolute atomic E-state index is 0.505. The first-order valence-electron chi connectivity index (χ1n) is 8.27. The summed E-state index contributed by atoms with van der Waals surface area (Å²) in [6, 6.07) is 11.7. The van der Waals surface area contributed by atoms with Crippen LogP contribution in [0.4, 0.5) is 5.69 Å². The van der Waals surface area contributed by atoms with Crippen molar-refractivity contribution in [1.82, 2.24) is 9.88 Å². The number of aromatic nitrogens is 1. The summed E-state index contributed by atoms with van der Waals surface area (Å²) in [4.78, 5) is 13.0. The number of anilines is 1. The van der Waals surface area contributed by atoms with Crippen molar-refractivity contribution in [2.75, 3.05) is 37.6 Å². The van der Waals surface area contributed by atoms with Gasteiger partial charge in [-0.25, -0.2) is 4.98 Å². The van der Waals surface area contributed by atoms with Gasteiger partial charge in [-0.1, -0.05) is 29.3 Å². The molecule has 1 fully saturated rings. The number of nitrogens with zero attached hydrogens (tertiary/aromatic N) is 4. The van der Waals surface area contributed by atoms with E-state index in [0.717, 1.165) is 43.2 Å². The molecule has 1 aromatic heterocycles. The molecule has 0 amide bonds. The number of piperazine rings is 1. The average Bonchev–Trinajstić information content (AvgIpc) is 2.64. The Morgan fingerprint density at radius 3 is 2.40 bits per heavy atom. The van der Waals surface area contributed by atoms with Crippen molar-refractivity contribution in [2.45, 2.75) is 6.42 Å². The van der Waals surface area contributed by atoms with E-state index in [1.165, 1.54) is 5.69 Å². The highest BCUT2D eigenvalue weighted by atomic mass is 35.5. The number of rotatable bonds is 4. The first kappa shape index (κ1) is 17.8. The third kappa shape index (κ3) is 5.00. The lowest BCUT2D eigenvalue weighted by Gasteiger charge is -2.36. The van der Waals surface area contributed by atoms with Crippen molar-refractivity contribution in [2.24, 2.45) is 10.7 Å². The van der Waals surface area contributed by atoms with Crippen LogP contribution in [0.5, 0.6) is 0 Å². The third-order valence-electron chi connectivity index (χ3n) is 4.26. The molecule has 0 atom stereocenters. The normalized spacial score (nSPS) is 15.5. The Labute approximate surface area is 158 Å². The fourth-order valence-corrected chi connectivity index (χ4v) is 3.04. The second-order valence-corrected chi connectivity index (χ2v) is 6.75. The van der Waals surface area contributed by atoms with E-state index in [1.54, 1.807) is 12.3 Å². The Morgan fingerprint density at radius 2 is 1.76 bits per heavy atom. The number of guanidine groups is 1. The molecule has 25 heavy (non-hydrogen) atoms. The molecule has 0 unspecified atom stereocenters. The van der Waals surface area contributed by atoms with Crippen LogP contribution in [0.25, 0.3) is 0 Å². The van der Waals surface area contributed by atoms with E-state index >= 15 is 0 Å². The molecule has 1 aromatic carbocycles. The van der Waals surface area contributed by atoms with E-state index in [1.807, 2.05) is 18.2 Å². The Hall–Kier alpha value is -1.98. The maximum absolute atomic E-state index is 6.14. The summed E-state index contributed by atoms with van der Waals surface area (Å²) in [6.45, 7) is 4.20. The van der Waals surface area contributed by atoms with E-state index in [2.05, 4.69) is 31.9 Å². The van der Waals surface area contributed by atoms with Crippen LogP contribution >= 0.6 is 23.2 Å². The number of halogens is 2. The largest absolute Gasteiger partial charge is 0.370 e. The minimum atomic E-state index is 0.505. The molecule has 1 aliphatic heterocycles. The molecule has 0 saturated carbocycles. The molecule has 1 aliphatic rings. The smallest absolute Gasteiger partial charge is 0.191 e. The highest BCUT2D eigenvalue weighted by Crippen LogP contribution is 2.19. The molecule has 1 saturated heterocycles. The molecule has 2 N–H and O–H groups in total. The van der Waals surface area contributed by atoms with E-state index in [9.17, 15) is 0 Å². The molecular formula is C18H21Cl2N5. The fraction of sp³-hybridized carbons (Fsp3) is 0.333. The summed E-state index contributed by atoms with van der Waals surface area (Å²) in [6.07, 6.45) is 2.58. The number of hydrogen-bond donors (Lipinski definition) is 1. The van der Waals surface area contributed by atoms with Crippen LogP contribution in [0.15, 0.2) is 47.6 Å². The molecule has 2 aromatic rings. The van der Waals surface area contributed by atoms with Gasteiger partial charge < -0.3 is 15.5 Å². The van der Waals surface area contributed by atoms with Gasteiger partial charge in [-0.05, 0) is 42.3 Å². The monoisotopic (exact) mass is 377 g/mol. The Balaban J connectivity index is 1.48. The molecular weight excluding hydrogens is 357 g/mol. The molecule has 7 heteroatoms. The highest BCUT2D eigenvalue weighted by Gasteiger charge is 2.18. The summed E-state index contributed by atoms with van der Waals surface area (Å²) < 4.78 is 0. The standard InChI is InChI=1S/C18H21Cl2N5/c19-15-2-4-16(5-3-15)24-9-11-25(12-10-24)18(21)22-8-7-14-1-6-17(20)23-13-14/h1-6,13H,7-12H2,(H2,21,22). The minimum Gasteiger partial charge on any atom is -0.370 e. The van der Waals surface area contributed by atoms with Crippen LogP contribution in [-0.4, -0.2) is 48.6 Å². The summed E-state index contributed by atoms with van der Waals surface area (Å²) >= 11 is 11.7. The zero-order valence-electron chi connectivity index (χ0n) is 13.9. The molecule has 0 bridgehead atoms. The summed E-state index contributed by atoms with van der Waals surface area (Å²) in [5, 5.41) is 1.26. The van der Waals surface area contributed by atoms with Gasteiger partial charge >= 0.3 is 0 Å². The predicted octanol–water partition coefficient (Wildman–Crippen LogP) is 3.07. The summed E-state index contributed by atoms with van der Waals surface area (Å²) in [5.41, 5.74) is 8.44. The number of benzene rings is 1. The molecule has 2 heterocycles. The van der Waals surface area contributed by atoms with Gasteiger partial charge in [-0.2, -0.15) is 0 Å². The quantitative estimate of drug-likeness (QED) is 0.505. The van der Waals surface area contributed by atoms with Crippen LogP contribution in [-0.2, 0) is 6.42 Å². The summed E-state index contributed by atoms with van der Waals surface area (Å²) in [7, 11) is 0. The van der Waals surface area contributed by atoms with Crippen molar-refractivity contribution in [1.29, 1.82) is 0 Å². The van der Waals surface area contributed by atoms with Crippen molar-refractivity contribution in [3.05, 3.63) is 58.3 Å². The zero-order valence-corrected chi connectivity index (χ0v) is 15.4. The number of nitrogens with two attached hydrogens (primary N) is 1. The average molecular weight is 378 g/mol. The Kier molecular flexibility index (Phi) is 6.00. The van der Waals surface area contributed by atoms with Crippen LogP contribution in [0.2, 0.25) is 10.2 Å². The van der Waals surface area contributed by atoms with Gasteiger partial charge in [0.15, 0.2) is 5.96 Å². The van der Waals surface area contributed by atoms with Crippen LogP contribution in [0.3, 0.4) is 0 Å². The van der Waals surface area contributed by atoms with Crippen LogP contribution < -0.4 is 10.6 Å². The first-order valence-corrected chi connectivity index (χ1v) is 9.03. The highest BCUT2D eigenvalue weighted by molar-refractivity contribution is 6.30. The first-order chi connectivity index (χ1) is 12.1. The van der Waals surface area contributed by atoms with Gasteiger partial charge in [0.25, 0.3) is 0 Å². The lowest BCUT2D eigenvalue weighted by Crippen LogP contribution is -2.51.